The number of amides is 3. The van der Waals surface area contributed by atoms with Crippen molar-refractivity contribution >= 4 is 17.6 Å². The van der Waals surface area contributed by atoms with Crippen LogP contribution in [0, 0.1) is 5.92 Å². The number of carbonyl (C=O) groups is 2. The van der Waals surface area contributed by atoms with Crippen molar-refractivity contribution in [3.8, 4) is 0 Å². The van der Waals surface area contributed by atoms with Gasteiger partial charge < -0.3 is 21.3 Å². The Balaban J connectivity index is 1.85. The van der Waals surface area contributed by atoms with Crippen LogP contribution in [0.1, 0.15) is 18.4 Å². The molecule has 1 aliphatic rings. The molecule has 1 aromatic carbocycles. The van der Waals surface area contributed by atoms with Gasteiger partial charge in [-0.1, -0.05) is 12.1 Å². The highest BCUT2D eigenvalue weighted by Crippen LogP contribution is 2.18. The van der Waals surface area contributed by atoms with Gasteiger partial charge in [0.15, 0.2) is 0 Å². The second-order valence-corrected chi connectivity index (χ2v) is 5.21. The summed E-state index contributed by atoms with van der Waals surface area (Å²) in [5.41, 5.74) is 7.32. The Kier molecular flexibility index (Phi) is 5.16. The van der Waals surface area contributed by atoms with Crippen LogP contribution in [0.3, 0.4) is 0 Å². The molecule has 6 nitrogen and oxygen atoms in total. The number of anilines is 1. The van der Waals surface area contributed by atoms with Crippen molar-refractivity contribution in [2.75, 3.05) is 25.5 Å². The van der Waals surface area contributed by atoms with E-state index in [-0.39, 0.29) is 17.9 Å². The van der Waals surface area contributed by atoms with Crippen molar-refractivity contribution in [2.45, 2.75) is 19.4 Å². The molecule has 0 aliphatic carbocycles. The van der Waals surface area contributed by atoms with Gasteiger partial charge >= 0.3 is 6.03 Å². The van der Waals surface area contributed by atoms with Gasteiger partial charge in [0.25, 0.3) is 0 Å². The summed E-state index contributed by atoms with van der Waals surface area (Å²) in [5, 5.41) is 5.53. The van der Waals surface area contributed by atoms with E-state index < -0.39 is 0 Å². The summed E-state index contributed by atoms with van der Waals surface area (Å²) >= 11 is 0. The molecule has 1 saturated heterocycles. The molecule has 4 N–H and O–H groups in total. The molecule has 0 unspecified atom stereocenters. The minimum atomic E-state index is -0.120. The molecule has 0 radical (unpaired) electrons. The molecule has 1 fully saturated rings. The van der Waals surface area contributed by atoms with E-state index in [9.17, 15) is 9.59 Å². The largest absolute Gasteiger partial charge is 0.359 e. The lowest BCUT2D eigenvalue weighted by atomic mass is 9.96. The number of nitrogens with zero attached hydrogens (tertiary/aromatic N) is 1. The lowest BCUT2D eigenvalue weighted by molar-refractivity contribution is -0.125. The average molecular weight is 290 g/mol. The Labute approximate surface area is 124 Å². The molecule has 0 atom stereocenters. The summed E-state index contributed by atoms with van der Waals surface area (Å²) in [5.74, 6) is 0.0790. The third-order valence-corrected chi connectivity index (χ3v) is 3.84. The van der Waals surface area contributed by atoms with Gasteiger partial charge in [-0.3, -0.25) is 4.79 Å². The van der Waals surface area contributed by atoms with Gasteiger partial charge in [-0.15, -0.1) is 0 Å². The van der Waals surface area contributed by atoms with E-state index in [0.29, 0.717) is 32.5 Å². The van der Waals surface area contributed by atoms with Crippen LogP contribution in [-0.4, -0.2) is 37.0 Å². The standard InChI is InChI=1S/C15H22N4O2/c1-17-14(20)12-6-8-19(9-7-12)15(21)18-13-4-2-11(10-16)3-5-13/h2-5,12H,6-10,16H2,1H3,(H,17,20)(H,18,21). The zero-order chi connectivity index (χ0) is 15.2. The van der Waals surface area contributed by atoms with E-state index in [1.54, 1.807) is 11.9 Å². The number of rotatable bonds is 3. The van der Waals surface area contributed by atoms with Crippen molar-refractivity contribution in [1.82, 2.24) is 10.2 Å². The van der Waals surface area contributed by atoms with Crippen LogP contribution in [-0.2, 0) is 11.3 Å². The summed E-state index contributed by atoms with van der Waals surface area (Å²) in [6.45, 7) is 1.69. The predicted octanol–water partition coefficient (Wildman–Crippen LogP) is 1.14. The smallest absolute Gasteiger partial charge is 0.321 e. The van der Waals surface area contributed by atoms with Crippen LogP contribution in [0.2, 0.25) is 0 Å². The molecular formula is C15H22N4O2. The number of nitrogens with two attached hydrogens (primary N) is 1. The second kappa shape index (κ2) is 7.08. The van der Waals surface area contributed by atoms with Crippen LogP contribution in [0.4, 0.5) is 10.5 Å². The first-order valence-corrected chi connectivity index (χ1v) is 7.20. The van der Waals surface area contributed by atoms with Gasteiger partial charge in [-0.2, -0.15) is 0 Å². The van der Waals surface area contributed by atoms with Crippen molar-refractivity contribution in [2.24, 2.45) is 11.7 Å². The lowest BCUT2D eigenvalue weighted by Crippen LogP contribution is -2.44. The second-order valence-electron chi connectivity index (χ2n) is 5.21. The Bertz CT molecular complexity index is 493. The molecule has 1 heterocycles. The van der Waals surface area contributed by atoms with E-state index in [2.05, 4.69) is 10.6 Å². The van der Waals surface area contributed by atoms with Crippen molar-refractivity contribution in [3.63, 3.8) is 0 Å². The highest BCUT2D eigenvalue weighted by Gasteiger charge is 2.26. The van der Waals surface area contributed by atoms with E-state index in [0.717, 1.165) is 11.3 Å². The highest BCUT2D eigenvalue weighted by atomic mass is 16.2. The van der Waals surface area contributed by atoms with Gasteiger partial charge in [-0.05, 0) is 30.5 Å². The Hall–Kier alpha value is -2.08. The Morgan fingerprint density at radius 1 is 1.24 bits per heavy atom. The zero-order valence-electron chi connectivity index (χ0n) is 12.3. The summed E-state index contributed by atoms with van der Waals surface area (Å²) in [7, 11) is 1.65. The number of nitrogens with one attached hydrogen (secondary N) is 2. The van der Waals surface area contributed by atoms with Gasteiger partial charge in [0.2, 0.25) is 5.91 Å². The summed E-state index contributed by atoms with van der Waals surface area (Å²) in [6, 6.07) is 7.36. The molecule has 0 aromatic heterocycles. The predicted molar refractivity (Wildman–Crippen MR) is 81.7 cm³/mol. The molecule has 21 heavy (non-hydrogen) atoms. The molecule has 1 aromatic rings. The van der Waals surface area contributed by atoms with Crippen LogP contribution in [0.15, 0.2) is 24.3 Å². The average Bonchev–Trinajstić information content (AvgIpc) is 2.55. The van der Waals surface area contributed by atoms with E-state index in [4.69, 9.17) is 5.73 Å². The quantitative estimate of drug-likeness (QED) is 0.780. The van der Waals surface area contributed by atoms with Gasteiger partial charge in [0.1, 0.15) is 0 Å². The third-order valence-electron chi connectivity index (χ3n) is 3.84. The number of hydrogen-bond acceptors (Lipinski definition) is 3. The maximum absolute atomic E-state index is 12.2. The molecule has 3 amide bonds. The Morgan fingerprint density at radius 3 is 2.38 bits per heavy atom. The van der Waals surface area contributed by atoms with Gasteiger partial charge in [0.05, 0.1) is 0 Å². The van der Waals surface area contributed by atoms with Crippen LogP contribution >= 0.6 is 0 Å². The first kappa shape index (κ1) is 15.3. The number of piperidine rings is 1. The Morgan fingerprint density at radius 2 is 1.86 bits per heavy atom. The number of urea groups is 1. The molecular weight excluding hydrogens is 268 g/mol. The molecule has 0 saturated carbocycles. The number of carbonyl (C=O) groups excluding carboxylic acids is 2. The first-order valence-electron chi connectivity index (χ1n) is 7.20. The SMILES string of the molecule is CNC(=O)C1CCN(C(=O)Nc2ccc(CN)cc2)CC1. The number of hydrogen-bond donors (Lipinski definition) is 3. The van der Waals surface area contributed by atoms with Crippen molar-refractivity contribution in [3.05, 3.63) is 29.8 Å². The first-order chi connectivity index (χ1) is 10.1. The zero-order valence-corrected chi connectivity index (χ0v) is 12.3. The van der Waals surface area contributed by atoms with E-state index >= 15 is 0 Å². The highest BCUT2D eigenvalue weighted by molar-refractivity contribution is 5.89. The summed E-state index contributed by atoms with van der Waals surface area (Å²) in [6.07, 6.45) is 1.42. The summed E-state index contributed by atoms with van der Waals surface area (Å²) in [4.78, 5) is 25.5. The fourth-order valence-electron chi connectivity index (χ4n) is 2.48. The van der Waals surface area contributed by atoms with E-state index in [1.807, 2.05) is 24.3 Å². The van der Waals surface area contributed by atoms with Crippen LogP contribution < -0.4 is 16.4 Å². The minimum absolute atomic E-state index is 0.0166. The van der Waals surface area contributed by atoms with Gasteiger partial charge in [-0.25, -0.2) is 4.79 Å². The fourth-order valence-corrected chi connectivity index (χ4v) is 2.48. The van der Waals surface area contributed by atoms with Crippen LogP contribution in [0.25, 0.3) is 0 Å². The maximum Gasteiger partial charge on any atom is 0.321 e. The molecule has 1 aliphatic heterocycles. The van der Waals surface area contributed by atoms with Gasteiger partial charge in [0, 0.05) is 38.3 Å². The van der Waals surface area contributed by atoms with Crippen molar-refractivity contribution < 1.29 is 9.59 Å². The van der Waals surface area contributed by atoms with E-state index in [1.165, 1.54) is 0 Å². The normalized spacial score (nSPS) is 15.6. The monoisotopic (exact) mass is 290 g/mol. The fraction of sp³-hybridized carbons (Fsp3) is 0.467. The molecule has 2 rings (SSSR count). The van der Waals surface area contributed by atoms with Crippen LogP contribution in [0.5, 0.6) is 0 Å². The number of likely N-dealkylation sites (tertiary alicyclic amines) is 1. The lowest BCUT2D eigenvalue weighted by Gasteiger charge is -2.31. The molecule has 6 heteroatoms. The maximum atomic E-state index is 12.2. The summed E-state index contributed by atoms with van der Waals surface area (Å²) < 4.78 is 0. The minimum Gasteiger partial charge on any atom is -0.359 e. The molecule has 114 valence electrons. The van der Waals surface area contributed by atoms with Crippen molar-refractivity contribution in [1.29, 1.82) is 0 Å². The topological polar surface area (TPSA) is 87.5 Å². The third kappa shape index (κ3) is 3.95. The molecule has 0 spiro atoms. The molecule has 0 bridgehead atoms. The number of benzene rings is 1.